The largest absolute Gasteiger partial charge is 0.353 e. The number of pyridine rings is 1. The molecule has 2 heterocycles. The van der Waals surface area contributed by atoms with Gasteiger partial charge in [-0.15, -0.1) is 0 Å². The fourth-order valence-corrected chi connectivity index (χ4v) is 4.08. The van der Waals surface area contributed by atoms with E-state index in [1.54, 1.807) is 17.2 Å². The second kappa shape index (κ2) is 7.01. The minimum absolute atomic E-state index is 0.0212. The molecule has 0 N–H and O–H groups in total. The molecular formula is C17H18ClN3O3S. The molecule has 1 aliphatic rings. The smallest absolute Gasteiger partial charge is 0.254 e. The fourth-order valence-electron chi connectivity index (χ4n) is 2.78. The molecule has 1 amide bonds. The molecule has 0 radical (unpaired) electrons. The van der Waals surface area contributed by atoms with Gasteiger partial charge in [0.25, 0.3) is 5.91 Å². The third kappa shape index (κ3) is 3.93. The lowest BCUT2D eigenvalue weighted by Gasteiger charge is -2.35. The van der Waals surface area contributed by atoms with Gasteiger partial charge in [0.1, 0.15) is 5.82 Å². The van der Waals surface area contributed by atoms with E-state index in [-0.39, 0.29) is 15.8 Å². The number of piperazine rings is 1. The van der Waals surface area contributed by atoms with Gasteiger partial charge in [-0.3, -0.25) is 4.79 Å². The van der Waals surface area contributed by atoms with Crippen LogP contribution in [-0.2, 0) is 9.84 Å². The van der Waals surface area contributed by atoms with Gasteiger partial charge in [-0.05, 0) is 30.3 Å². The first kappa shape index (κ1) is 17.7. The van der Waals surface area contributed by atoms with Gasteiger partial charge < -0.3 is 9.80 Å². The molecular weight excluding hydrogens is 362 g/mol. The number of amides is 1. The van der Waals surface area contributed by atoms with Crippen LogP contribution in [0.5, 0.6) is 0 Å². The number of halogens is 1. The summed E-state index contributed by atoms with van der Waals surface area (Å²) in [6, 6.07) is 10.1. The van der Waals surface area contributed by atoms with E-state index in [4.69, 9.17) is 11.6 Å². The Balaban J connectivity index is 1.73. The number of anilines is 1. The van der Waals surface area contributed by atoms with Crippen molar-refractivity contribution in [3.63, 3.8) is 0 Å². The van der Waals surface area contributed by atoms with Crippen molar-refractivity contribution in [3.05, 3.63) is 53.2 Å². The van der Waals surface area contributed by atoms with E-state index in [0.717, 1.165) is 12.1 Å². The number of benzene rings is 1. The van der Waals surface area contributed by atoms with Gasteiger partial charge in [-0.1, -0.05) is 17.7 Å². The Morgan fingerprint density at radius 1 is 1.12 bits per heavy atom. The van der Waals surface area contributed by atoms with Crippen LogP contribution in [0, 0.1) is 0 Å². The van der Waals surface area contributed by atoms with Crippen LogP contribution in [0.2, 0.25) is 5.02 Å². The summed E-state index contributed by atoms with van der Waals surface area (Å²) in [7, 11) is -3.48. The van der Waals surface area contributed by atoms with Crippen molar-refractivity contribution in [3.8, 4) is 0 Å². The Hall–Kier alpha value is -2.12. The number of rotatable bonds is 3. The first-order valence-electron chi connectivity index (χ1n) is 7.81. The Morgan fingerprint density at radius 3 is 2.44 bits per heavy atom. The summed E-state index contributed by atoms with van der Waals surface area (Å²) in [5.41, 5.74) is 0.330. The van der Waals surface area contributed by atoms with Crippen LogP contribution in [-0.4, -0.2) is 56.6 Å². The molecule has 0 bridgehead atoms. The maximum absolute atomic E-state index is 12.7. The third-order valence-corrected chi connectivity index (χ3v) is 5.70. The molecule has 1 aromatic heterocycles. The number of hydrogen-bond donors (Lipinski definition) is 0. The molecule has 1 aliphatic heterocycles. The Bertz CT molecular complexity index is 879. The SMILES string of the molecule is CS(=O)(=O)c1cc(C(=O)N2CCN(c3ccccn3)CC2)ccc1Cl. The van der Waals surface area contributed by atoms with E-state index in [0.29, 0.717) is 31.7 Å². The summed E-state index contributed by atoms with van der Waals surface area (Å²) in [5, 5.41) is 0.124. The number of carbonyl (C=O) groups excluding carboxylic acids is 1. The highest BCUT2D eigenvalue weighted by molar-refractivity contribution is 7.90. The number of hydrogen-bond acceptors (Lipinski definition) is 5. The summed E-state index contributed by atoms with van der Waals surface area (Å²) in [6.45, 7) is 2.45. The molecule has 1 saturated heterocycles. The van der Waals surface area contributed by atoms with Crippen molar-refractivity contribution >= 4 is 33.2 Å². The second-order valence-corrected chi connectivity index (χ2v) is 8.28. The lowest BCUT2D eigenvalue weighted by Crippen LogP contribution is -2.49. The molecule has 0 aliphatic carbocycles. The zero-order valence-electron chi connectivity index (χ0n) is 13.7. The van der Waals surface area contributed by atoms with E-state index in [1.807, 2.05) is 18.2 Å². The van der Waals surface area contributed by atoms with Crippen LogP contribution >= 0.6 is 11.6 Å². The minimum atomic E-state index is -3.48. The molecule has 1 fully saturated rings. The maximum Gasteiger partial charge on any atom is 0.254 e. The first-order chi connectivity index (χ1) is 11.9. The molecule has 0 atom stereocenters. The van der Waals surface area contributed by atoms with Gasteiger partial charge in [0.05, 0.1) is 9.92 Å². The number of aromatic nitrogens is 1. The van der Waals surface area contributed by atoms with Gasteiger partial charge in [0.15, 0.2) is 9.84 Å². The Morgan fingerprint density at radius 2 is 1.84 bits per heavy atom. The number of carbonyl (C=O) groups is 1. The van der Waals surface area contributed by atoms with Crippen LogP contribution in [0.25, 0.3) is 0 Å². The summed E-state index contributed by atoms with van der Waals surface area (Å²) in [5.74, 6) is 0.697. The lowest BCUT2D eigenvalue weighted by molar-refractivity contribution is 0.0746. The molecule has 0 unspecified atom stereocenters. The summed E-state index contributed by atoms with van der Waals surface area (Å²) >= 11 is 5.94. The molecule has 6 nitrogen and oxygen atoms in total. The minimum Gasteiger partial charge on any atom is -0.353 e. The highest BCUT2D eigenvalue weighted by Crippen LogP contribution is 2.24. The molecule has 0 saturated carbocycles. The second-order valence-electron chi connectivity index (χ2n) is 5.88. The lowest BCUT2D eigenvalue weighted by atomic mass is 10.2. The average molecular weight is 380 g/mol. The molecule has 25 heavy (non-hydrogen) atoms. The van der Waals surface area contributed by atoms with Crippen molar-refractivity contribution in [1.82, 2.24) is 9.88 Å². The van der Waals surface area contributed by atoms with Crippen molar-refractivity contribution < 1.29 is 13.2 Å². The van der Waals surface area contributed by atoms with Crippen LogP contribution in [0.3, 0.4) is 0 Å². The summed E-state index contributed by atoms with van der Waals surface area (Å²) < 4.78 is 23.6. The molecule has 1 aromatic carbocycles. The predicted octanol–water partition coefficient (Wildman–Crippen LogP) is 2.10. The molecule has 8 heteroatoms. The van der Waals surface area contributed by atoms with Crippen LogP contribution < -0.4 is 4.90 Å². The van der Waals surface area contributed by atoms with Crippen molar-refractivity contribution in [2.24, 2.45) is 0 Å². The Labute approximate surface area is 152 Å². The van der Waals surface area contributed by atoms with E-state index < -0.39 is 9.84 Å². The van der Waals surface area contributed by atoms with Crippen LogP contribution in [0.15, 0.2) is 47.5 Å². The van der Waals surface area contributed by atoms with Gasteiger partial charge in [0, 0.05) is 44.2 Å². The van der Waals surface area contributed by atoms with Crippen LogP contribution in [0.4, 0.5) is 5.82 Å². The van der Waals surface area contributed by atoms with E-state index >= 15 is 0 Å². The molecule has 132 valence electrons. The first-order valence-corrected chi connectivity index (χ1v) is 10.1. The van der Waals surface area contributed by atoms with Crippen molar-refractivity contribution in [2.75, 3.05) is 37.3 Å². The van der Waals surface area contributed by atoms with Gasteiger partial charge in [-0.25, -0.2) is 13.4 Å². The predicted molar refractivity (Wildman–Crippen MR) is 96.9 cm³/mol. The zero-order chi connectivity index (χ0) is 18.0. The normalized spacial score (nSPS) is 15.3. The molecule has 0 spiro atoms. The van der Waals surface area contributed by atoms with Gasteiger partial charge >= 0.3 is 0 Å². The zero-order valence-corrected chi connectivity index (χ0v) is 15.3. The average Bonchev–Trinajstić information content (AvgIpc) is 2.61. The van der Waals surface area contributed by atoms with Gasteiger partial charge in [-0.2, -0.15) is 0 Å². The highest BCUT2D eigenvalue weighted by Gasteiger charge is 2.24. The fraction of sp³-hybridized carbons (Fsp3) is 0.294. The number of nitrogens with zero attached hydrogens (tertiary/aromatic N) is 3. The Kier molecular flexibility index (Phi) is 4.96. The van der Waals surface area contributed by atoms with Crippen LogP contribution in [0.1, 0.15) is 10.4 Å². The summed E-state index contributed by atoms with van der Waals surface area (Å²) in [6.07, 6.45) is 2.82. The quantitative estimate of drug-likeness (QED) is 0.816. The maximum atomic E-state index is 12.7. The highest BCUT2D eigenvalue weighted by atomic mass is 35.5. The van der Waals surface area contributed by atoms with E-state index in [2.05, 4.69) is 9.88 Å². The molecule has 2 aromatic rings. The van der Waals surface area contributed by atoms with Gasteiger partial charge in [0.2, 0.25) is 0 Å². The topological polar surface area (TPSA) is 70.6 Å². The third-order valence-electron chi connectivity index (χ3n) is 4.12. The number of sulfone groups is 1. The van der Waals surface area contributed by atoms with Crippen molar-refractivity contribution in [1.29, 1.82) is 0 Å². The van der Waals surface area contributed by atoms with Crippen molar-refractivity contribution in [2.45, 2.75) is 4.90 Å². The monoisotopic (exact) mass is 379 g/mol. The standard InChI is InChI=1S/C17H18ClN3O3S/c1-25(23,24)15-12-13(5-6-14(15)18)17(22)21-10-8-20(9-11-21)16-4-2-3-7-19-16/h2-7,12H,8-11H2,1H3. The van der Waals surface area contributed by atoms with E-state index in [9.17, 15) is 13.2 Å². The molecule has 3 rings (SSSR count). The van der Waals surface area contributed by atoms with E-state index in [1.165, 1.54) is 12.1 Å². The summed E-state index contributed by atoms with van der Waals surface area (Å²) in [4.78, 5) is 20.8.